The van der Waals surface area contributed by atoms with Crippen LogP contribution >= 0.6 is 11.6 Å². The first-order valence-corrected chi connectivity index (χ1v) is 8.73. The molecule has 0 saturated heterocycles. The minimum atomic E-state index is -0.655. The van der Waals surface area contributed by atoms with E-state index in [9.17, 15) is 4.79 Å². The van der Waals surface area contributed by atoms with Crippen LogP contribution in [0.1, 0.15) is 38.8 Å². The van der Waals surface area contributed by atoms with Crippen molar-refractivity contribution in [2.75, 3.05) is 0 Å². The monoisotopic (exact) mass is 359 g/mol. The Kier molecular flexibility index (Phi) is 4.91. The quantitative estimate of drug-likeness (QED) is 0.872. The molecule has 1 N–H and O–H groups in total. The van der Waals surface area contributed by atoms with E-state index in [1.165, 1.54) is 0 Å². The van der Waals surface area contributed by atoms with Gasteiger partial charge in [-0.1, -0.05) is 41.9 Å². The summed E-state index contributed by atoms with van der Waals surface area (Å²) in [6.07, 6.45) is 0.0344. The summed E-state index contributed by atoms with van der Waals surface area (Å²) in [4.78, 5) is 12.6. The summed E-state index contributed by atoms with van der Waals surface area (Å²) >= 11 is 6.10. The molecular formula is C20H22ClNO3. The van der Waals surface area contributed by atoms with Crippen LogP contribution in [0, 0.1) is 0 Å². The number of para-hydroxylation sites is 2. The Bertz CT molecular complexity index is 775. The molecule has 0 aliphatic carbocycles. The molecule has 0 spiro atoms. The molecule has 0 saturated carbocycles. The number of ether oxygens (including phenoxy) is 2. The van der Waals surface area contributed by atoms with E-state index in [0.717, 1.165) is 11.3 Å². The first-order valence-electron chi connectivity index (χ1n) is 8.35. The fourth-order valence-corrected chi connectivity index (χ4v) is 3.18. The SMILES string of the molecule is C[C@@H](Oc1ccccc1Cl)C(=O)N[C@@H]1CC(C)(C)Oc2ccccc21. The zero-order valence-corrected chi connectivity index (χ0v) is 15.3. The third-order valence-corrected chi connectivity index (χ3v) is 4.51. The lowest BCUT2D eigenvalue weighted by Crippen LogP contribution is -2.44. The number of hydrogen-bond donors (Lipinski definition) is 1. The third kappa shape index (κ3) is 4.07. The first-order chi connectivity index (χ1) is 11.9. The number of hydrogen-bond acceptors (Lipinski definition) is 3. The lowest BCUT2D eigenvalue weighted by atomic mass is 9.89. The number of rotatable bonds is 4. The molecule has 25 heavy (non-hydrogen) atoms. The number of nitrogens with one attached hydrogen (secondary N) is 1. The molecule has 2 aromatic rings. The van der Waals surface area contributed by atoms with Crippen LogP contribution < -0.4 is 14.8 Å². The summed E-state index contributed by atoms with van der Waals surface area (Å²) in [5.74, 6) is 1.13. The number of fused-ring (bicyclic) bond motifs is 1. The Balaban J connectivity index is 1.73. The van der Waals surface area contributed by atoms with E-state index >= 15 is 0 Å². The molecule has 1 aliphatic rings. The van der Waals surface area contributed by atoms with Crippen molar-refractivity contribution in [2.45, 2.75) is 44.9 Å². The number of carbonyl (C=O) groups is 1. The minimum Gasteiger partial charge on any atom is -0.487 e. The molecule has 0 unspecified atom stereocenters. The zero-order chi connectivity index (χ0) is 18.0. The molecule has 1 aliphatic heterocycles. The largest absolute Gasteiger partial charge is 0.487 e. The minimum absolute atomic E-state index is 0.121. The summed E-state index contributed by atoms with van der Waals surface area (Å²) in [6, 6.07) is 14.8. The van der Waals surface area contributed by atoms with E-state index < -0.39 is 6.10 Å². The summed E-state index contributed by atoms with van der Waals surface area (Å²) in [5, 5.41) is 3.57. The van der Waals surface area contributed by atoms with Crippen LogP contribution in [0.3, 0.4) is 0 Å². The van der Waals surface area contributed by atoms with Crippen molar-refractivity contribution in [3.8, 4) is 11.5 Å². The molecular weight excluding hydrogens is 338 g/mol. The normalized spacial score (nSPS) is 19.3. The van der Waals surface area contributed by atoms with Gasteiger partial charge in [-0.3, -0.25) is 4.79 Å². The van der Waals surface area contributed by atoms with Crippen LogP contribution in [0.25, 0.3) is 0 Å². The van der Waals surface area contributed by atoms with Gasteiger partial charge < -0.3 is 14.8 Å². The Morgan fingerprint density at radius 1 is 1.24 bits per heavy atom. The molecule has 0 radical (unpaired) electrons. The molecule has 3 rings (SSSR count). The van der Waals surface area contributed by atoms with Gasteiger partial charge in [0.25, 0.3) is 5.91 Å². The Labute approximate surface area is 153 Å². The highest BCUT2D eigenvalue weighted by Gasteiger charge is 2.35. The molecule has 2 aromatic carbocycles. The van der Waals surface area contributed by atoms with Gasteiger partial charge in [0.2, 0.25) is 0 Å². The van der Waals surface area contributed by atoms with Crippen molar-refractivity contribution in [1.82, 2.24) is 5.32 Å². The molecule has 5 heteroatoms. The number of carbonyl (C=O) groups excluding carboxylic acids is 1. The Morgan fingerprint density at radius 2 is 1.92 bits per heavy atom. The van der Waals surface area contributed by atoms with E-state index in [1.807, 2.05) is 50.2 Å². The number of benzene rings is 2. The van der Waals surface area contributed by atoms with Gasteiger partial charge in [0.15, 0.2) is 6.10 Å². The molecule has 132 valence electrons. The van der Waals surface area contributed by atoms with Crippen LogP contribution in [0.4, 0.5) is 0 Å². The van der Waals surface area contributed by atoms with Gasteiger partial charge in [-0.15, -0.1) is 0 Å². The average molecular weight is 360 g/mol. The second kappa shape index (κ2) is 6.96. The Hall–Kier alpha value is -2.20. The summed E-state index contributed by atoms with van der Waals surface area (Å²) in [6.45, 7) is 5.76. The van der Waals surface area contributed by atoms with E-state index in [1.54, 1.807) is 19.1 Å². The van der Waals surface area contributed by atoms with Crippen molar-refractivity contribution < 1.29 is 14.3 Å². The second-order valence-electron chi connectivity index (χ2n) is 6.86. The van der Waals surface area contributed by atoms with Crippen molar-refractivity contribution in [2.24, 2.45) is 0 Å². The lowest BCUT2D eigenvalue weighted by molar-refractivity contribution is -0.128. The first kappa shape index (κ1) is 17.6. The summed E-state index contributed by atoms with van der Waals surface area (Å²) in [7, 11) is 0. The standard InChI is InChI=1S/C20H22ClNO3/c1-13(24-18-11-7-5-9-15(18)21)19(23)22-16-12-20(2,3)25-17-10-6-4-8-14(16)17/h4-11,13,16H,12H2,1-3H3,(H,22,23)/t13-,16-/m1/s1. The van der Waals surface area contributed by atoms with Gasteiger partial charge in [0.1, 0.15) is 17.1 Å². The van der Waals surface area contributed by atoms with Crippen molar-refractivity contribution in [3.63, 3.8) is 0 Å². The highest BCUT2D eigenvalue weighted by molar-refractivity contribution is 6.32. The zero-order valence-electron chi connectivity index (χ0n) is 14.6. The van der Waals surface area contributed by atoms with Gasteiger partial charge in [0, 0.05) is 12.0 Å². The number of halogens is 1. The van der Waals surface area contributed by atoms with Crippen molar-refractivity contribution in [3.05, 3.63) is 59.1 Å². The van der Waals surface area contributed by atoms with Crippen molar-refractivity contribution >= 4 is 17.5 Å². The smallest absolute Gasteiger partial charge is 0.261 e. The second-order valence-corrected chi connectivity index (χ2v) is 7.26. The van der Waals surface area contributed by atoms with Crippen LogP contribution in [0.5, 0.6) is 11.5 Å². The van der Waals surface area contributed by atoms with E-state index in [-0.39, 0.29) is 17.6 Å². The number of amides is 1. The van der Waals surface area contributed by atoms with E-state index in [0.29, 0.717) is 17.2 Å². The molecule has 2 atom stereocenters. The molecule has 1 amide bonds. The van der Waals surface area contributed by atoms with E-state index in [4.69, 9.17) is 21.1 Å². The average Bonchev–Trinajstić information content (AvgIpc) is 2.55. The van der Waals surface area contributed by atoms with Crippen LogP contribution in [0.15, 0.2) is 48.5 Å². The highest BCUT2D eigenvalue weighted by Crippen LogP contribution is 2.39. The molecule has 0 bridgehead atoms. The Morgan fingerprint density at radius 3 is 2.68 bits per heavy atom. The molecule has 1 heterocycles. The van der Waals surface area contributed by atoms with Gasteiger partial charge >= 0.3 is 0 Å². The van der Waals surface area contributed by atoms with E-state index in [2.05, 4.69) is 5.32 Å². The molecule has 0 aromatic heterocycles. The summed E-state index contributed by atoms with van der Waals surface area (Å²) < 4.78 is 11.7. The maximum atomic E-state index is 12.6. The van der Waals surface area contributed by atoms with Gasteiger partial charge in [-0.25, -0.2) is 0 Å². The molecule has 0 fully saturated rings. The van der Waals surface area contributed by atoms with Crippen LogP contribution in [0.2, 0.25) is 5.02 Å². The topological polar surface area (TPSA) is 47.6 Å². The fraction of sp³-hybridized carbons (Fsp3) is 0.350. The maximum Gasteiger partial charge on any atom is 0.261 e. The molecule has 4 nitrogen and oxygen atoms in total. The lowest BCUT2D eigenvalue weighted by Gasteiger charge is -2.38. The fourth-order valence-electron chi connectivity index (χ4n) is 3.00. The predicted molar refractivity (Wildman–Crippen MR) is 98.2 cm³/mol. The highest BCUT2D eigenvalue weighted by atomic mass is 35.5. The van der Waals surface area contributed by atoms with Crippen LogP contribution in [-0.2, 0) is 4.79 Å². The summed E-state index contributed by atoms with van der Waals surface area (Å²) in [5.41, 5.74) is 0.638. The van der Waals surface area contributed by atoms with Gasteiger partial charge in [0.05, 0.1) is 11.1 Å². The van der Waals surface area contributed by atoms with Crippen molar-refractivity contribution in [1.29, 1.82) is 0 Å². The predicted octanol–water partition coefficient (Wildman–Crippen LogP) is 4.53. The maximum absolute atomic E-state index is 12.6. The third-order valence-electron chi connectivity index (χ3n) is 4.20. The van der Waals surface area contributed by atoms with Crippen LogP contribution in [-0.4, -0.2) is 17.6 Å². The van der Waals surface area contributed by atoms with Gasteiger partial charge in [-0.2, -0.15) is 0 Å². The van der Waals surface area contributed by atoms with Gasteiger partial charge in [-0.05, 0) is 39.0 Å².